The van der Waals surface area contributed by atoms with Gasteiger partial charge in [-0.15, -0.1) is 0 Å². The maximum atomic E-state index is 4.27. The van der Waals surface area contributed by atoms with E-state index in [2.05, 4.69) is 16.4 Å². The minimum atomic E-state index is 0.594. The number of rotatable bonds is 1. The minimum Gasteiger partial charge on any atom is -0.316 e. The number of aromatic nitrogens is 1. The van der Waals surface area contributed by atoms with E-state index in [1.54, 1.807) is 0 Å². The van der Waals surface area contributed by atoms with Gasteiger partial charge in [0.1, 0.15) is 0 Å². The Morgan fingerprint density at radius 1 is 1.64 bits per heavy atom. The van der Waals surface area contributed by atoms with Crippen molar-refractivity contribution in [3.05, 3.63) is 30.1 Å². The van der Waals surface area contributed by atoms with Gasteiger partial charge in [0.15, 0.2) is 0 Å². The van der Waals surface area contributed by atoms with Crippen LogP contribution in [0.3, 0.4) is 0 Å². The molecule has 1 aromatic rings. The highest BCUT2D eigenvalue weighted by Gasteiger charge is 2.16. The van der Waals surface area contributed by atoms with Crippen molar-refractivity contribution in [1.82, 2.24) is 10.3 Å². The highest BCUT2D eigenvalue weighted by Crippen LogP contribution is 2.18. The fourth-order valence-corrected chi connectivity index (χ4v) is 1.45. The number of hydrogen-bond acceptors (Lipinski definition) is 2. The molecule has 0 aromatic carbocycles. The molecule has 0 amide bonds. The van der Waals surface area contributed by atoms with Gasteiger partial charge in [-0.2, -0.15) is 0 Å². The van der Waals surface area contributed by atoms with E-state index in [9.17, 15) is 0 Å². The van der Waals surface area contributed by atoms with Crippen LogP contribution in [0.15, 0.2) is 18.3 Å². The first-order valence-electron chi connectivity index (χ1n) is 4.00. The Bertz CT molecular complexity index is 214. The molecule has 11 heavy (non-hydrogen) atoms. The monoisotopic (exact) mass is 147 g/mol. The second-order valence-electron chi connectivity index (χ2n) is 2.86. The van der Waals surface area contributed by atoms with Gasteiger partial charge >= 0.3 is 0 Å². The molecule has 2 nitrogen and oxygen atoms in total. The van der Waals surface area contributed by atoms with E-state index >= 15 is 0 Å². The predicted molar refractivity (Wildman–Crippen MR) is 43.3 cm³/mol. The zero-order valence-electron chi connectivity index (χ0n) is 6.38. The first-order chi connectivity index (χ1) is 5.47. The molecule has 1 fully saturated rings. The molecular weight excluding hydrogens is 136 g/mol. The summed E-state index contributed by atoms with van der Waals surface area (Å²) in [5.74, 6) is 0.594. The van der Waals surface area contributed by atoms with Crippen molar-refractivity contribution in [3.8, 4) is 0 Å². The number of nitrogens with one attached hydrogen (secondary N) is 1. The van der Waals surface area contributed by atoms with Crippen LogP contribution in [0.5, 0.6) is 0 Å². The highest BCUT2D eigenvalue weighted by atomic mass is 14.9. The van der Waals surface area contributed by atoms with Gasteiger partial charge in [-0.3, -0.25) is 4.98 Å². The molecule has 1 saturated heterocycles. The molecule has 1 aromatic heterocycles. The maximum absolute atomic E-state index is 4.27. The summed E-state index contributed by atoms with van der Waals surface area (Å²) in [4.78, 5) is 4.27. The predicted octanol–water partition coefficient (Wildman–Crippen LogP) is 0.959. The third-order valence-electron chi connectivity index (χ3n) is 2.07. The zero-order valence-corrected chi connectivity index (χ0v) is 6.38. The molecular formula is C9H11N2. The Hall–Kier alpha value is -0.890. The summed E-state index contributed by atoms with van der Waals surface area (Å²) in [6.45, 7) is 2.18. The summed E-state index contributed by atoms with van der Waals surface area (Å²) in [6.07, 6.45) is 3.04. The normalized spacial score (nSPS) is 23.8. The Kier molecular flexibility index (Phi) is 1.86. The molecule has 2 rings (SSSR count). The van der Waals surface area contributed by atoms with Gasteiger partial charge in [-0.05, 0) is 19.0 Å². The molecule has 1 unspecified atom stereocenters. The summed E-state index contributed by atoms with van der Waals surface area (Å²) in [5.41, 5.74) is 1.11. The highest BCUT2D eigenvalue weighted by molar-refractivity contribution is 5.09. The van der Waals surface area contributed by atoms with Crippen molar-refractivity contribution >= 4 is 0 Å². The summed E-state index contributed by atoms with van der Waals surface area (Å²) in [6, 6.07) is 7.00. The fraction of sp³-hybridized carbons (Fsp3) is 0.444. The first kappa shape index (κ1) is 6.80. The van der Waals surface area contributed by atoms with E-state index < -0.39 is 0 Å². The van der Waals surface area contributed by atoms with Crippen LogP contribution >= 0.6 is 0 Å². The fourth-order valence-electron chi connectivity index (χ4n) is 1.45. The lowest BCUT2D eigenvalue weighted by Gasteiger charge is -2.04. The molecule has 0 saturated carbocycles. The zero-order chi connectivity index (χ0) is 7.52. The van der Waals surface area contributed by atoms with Crippen LogP contribution in [0, 0.1) is 6.07 Å². The molecule has 1 aliphatic rings. The lowest BCUT2D eigenvalue weighted by Crippen LogP contribution is -2.08. The second kappa shape index (κ2) is 3.01. The van der Waals surface area contributed by atoms with Gasteiger partial charge in [0, 0.05) is 24.7 Å². The first-order valence-corrected chi connectivity index (χ1v) is 4.00. The van der Waals surface area contributed by atoms with Crippen LogP contribution in [0.2, 0.25) is 0 Å². The lowest BCUT2D eigenvalue weighted by molar-refractivity contribution is 0.733. The van der Waals surface area contributed by atoms with Crippen molar-refractivity contribution in [2.45, 2.75) is 12.3 Å². The van der Waals surface area contributed by atoms with E-state index in [0.717, 1.165) is 18.8 Å². The topological polar surface area (TPSA) is 24.9 Å². The van der Waals surface area contributed by atoms with Gasteiger partial charge in [0.2, 0.25) is 0 Å². The molecule has 57 valence electrons. The summed E-state index contributed by atoms with van der Waals surface area (Å²) >= 11 is 0. The van der Waals surface area contributed by atoms with E-state index in [1.807, 2.05) is 18.3 Å². The Balaban J connectivity index is 2.16. The van der Waals surface area contributed by atoms with Crippen molar-refractivity contribution in [2.75, 3.05) is 13.1 Å². The van der Waals surface area contributed by atoms with Crippen molar-refractivity contribution in [3.63, 3.8) is 0 Å². The van der Waals surface area contributed by atoms with Gasteiger partial charge in [-0.1, -0.05) is 6.07 Å². The molecule has 0 spiro atoms. The average Bonchev–Trinajstić information content (AvgIpc) is 2.58. The van der Waals surface area contributed by atoms with Crippen LogP contribution in [-0.2, 0) is 0 Å². The van der Waals surface area contributed by atoms with Crippen molar-refractivity contribution < 1.29 is 0 Å². The van der Waals surface area contributed by atoms with Crippen LogP contribution in [0.25, 0.3) is 0 Å². The van der Waals surface area contributed by atoms with Gasteiger partial charge < -0.3 is 5.32 Å². The largest absolute Gasteiger partial charge is 0.316 e. The summed E-state index contributed by atoms with van der Waals surface area (Å²) in [5, 5.41) is 3.31. The smallest absolute Gasteiger partial charge is 0.0526 e. The van der Waals surface area contributed by atoms with Gasteiger partial charge in [0.25, 0.3) is 0 Å². The maximum Gasteiger partial charge on any atom is 0.0526 e. The molecule has 2 heteroatoms. The second-order valence-corrected chi connectivity index (χ2v) is 2.86. The molecule has 1 aliphatic heterocycles. The minimum absolute atomic E-state index is 0.594. The van der Waals surface area contributed by atoms with Crippen molar-refractivity contribution in [2.24, 2.45) is 0 Å². The van der Waals surface area contributed by atoms with E-state index in [0.29, 0.717) is 5.92 Å². The van der Waals surface area contributed by atoms with Crippen molar-refractivity contribution in [1.29, 1.82) is 0 Å². The number of nitrogens with zero attached hydrogens (tertiary/aromatic N) is 1. The van der Waals surface area contributed by atoms with E-state index in [-0.39, 0.29) is 0 Å². The van der Waals surface area contributed by atoms with Crippen LogP contribution in [0.4, 0.5) is 0 Å². The van der Waals surface area contributed by atoms with Crippen LogP contribution in [-0.4, -0.2) is 18.1 Å². The summed E-state index contributed by atoms with van der Waals surface area (Å²) in [7, 11) is 0. The van der Waals surface area contributed by atoms with Gasteiger partial charge in [-0.25, -0.2) is 0 Å². The van der Waals surface area contributed by atoms with Crippen LogP contribution in [0.1, 0.15) is 18.0 Å². The molecule has 2 heterocycles. The lowest BCUT2D eigenvalue weighted by atomic mass is 10.0. The molecule has 1 N–H and O–H groups in total. The van der Waals surface area contributed by atoms with Crippen LogP contribution < -0.4 is 5.32 Å². The Morgan fingerprint density at radius 2 is 2.64 bits per heavy atom. The van der Waals surface area contributed by atoms with E-state index in [4.69, 9.17) is 0 Å². The number of pyridine rings is 1. The molecule has 0 bridgehead atoms. The SMILES string of the molecule is [c]1cccnc1C1CCNC1. The third kappa shape index (κ3) is 1.40. The third-order valence-corrected chi connectivity index (χ3v) is 2.07. The molecule has 1 atom stereocenters. The summed E-state index contributed by atoms with van der Waals surface area (Å²) < 4.78 is 0. The quantitative estimate of drug-likeness (QED) is 0.640. The van der Waals surface area contributed by atoms with E-state index in [1.165, 1.54) is 6.42 Å². The molecule has 1 radical (unpaired) electrons. The standard InChI is InChI=1S/C9H11N2/c1-2-5-11-9(3-1)8-4-6-10-7-8/h1-2,5,8,10H,4,6-7H2. The Morgan fingerprint density at radius 3 is 3.27 bits per heavy atom. The van der Waals surface area contributed by atoms with Gasteiger partial charge in [0.05, 0.1) is 5.69 Å². The Labute approximate surface area is 66.7 Å². The average molecular weight is 147 g/mol. The number of hydrogen-bond donors (Lipinski definition) is 1. The molecule has 0 aliphatic carbocycles.